The van der Waals surface area contributed by atoms with Gasteiger partial charge in [-0.2, -0.15) is 0 Å². The SMILES string of the molecule is O=C1CCCN1CN(C(=O)c1ccc(Br)o1)c1ccc(F)cc1. The van der Waals surface area contributed by atoms with Gasteiger partial charge in [-0.1, -0.05) is 0 Å². The van der Waals surface area contributed by atoms with E-state index in [-0.39, 0.29) is 30.1 Å². The number of hydrogen-bond donors (Lipinski definition) is 0. The molecule has 3 rings (SSSR count). The molecule has 2 aromatic rings. The molecule has 1 aliphatic rings. The maximum Gasteiger partial charge on any atom is 0.295 e. The largest absolute Gasteiger partial charge is 0.444 e. The van der Waals surface area contributed by atoms with Crippen LogP contribution in [0.3, 0.4) is 0 Å². The van der Waals surface area contributed by atoms with Crippen LogP contribution in [0, 0.1) is 5.82 Å². The van der Waals surface area contributed by atoms with E-state index >= 15 is 0 Å². The molecule has 2 heterocycles. The fourth-order valence-electron chi connectivity index (χ4n) is 2.47. The van der Waals surface area contributed by atoms with Crippen molar-refractivity contribution in [2.75, 3.05) is 18.1 Å². The Morgan fingerprint density at radius 3 is 2.57 bits per heavy atom. The molecule has 2 amide bonds. The Bertz CT molecular complexity index is 729. The topological polar surface area (TPSA) is 53.8 Å². The Morgan fingerprint density at radius 2 is 2.00 bits per heavy atom. The molecule has 120 valence electrons. The third kappa shape index (κ3) is 3.44. The zero-order valence-corrected chi connectivity index (χ0v) is 13.8. The van der Waals surface area contributed by atoms with Gasteiger partial charge in [0.25, 0.3) is 5.91 Å². The second-order valence-electron chi connectivity index (χ2n) is 5.22. The van der Waals surface area contributed by atoms with Crippen LogP contribution in [-0.2, 0) is 4.79 Å². The lowest BCUT2D eigenvalue weighted by molar-refractivity contribution is -0.127. The summed E-state index contributed by atoms with van der Waals surface area (Å²) in [5.41, 5.74) is 0.503. The zero-order valence-electron chi connectivity index (χ0n) is 12.2. The summed E-state index contributed by atoms with van der Waals surface area (Å²) in [4.78, 5) is 27.6. The van der Waals surface area contributed by atoms with Gasteiger partial charge in [0.1, 0.15) is 12.5 Å². The van der Waals surface area contributed by atoms with Crippen molar-refractivity contribution >= 4 is 33.4 Å². The molecule has 23 heavy (non-hydrogen) atoms. The highest BCUT2D eigenvalue weighted by Gasteiger charge is 2.27. The van der Waals surface area contributed by atoms with Crippen LogP contribution in [0.2, 0.25) is 0 Å². The van der Waals surface area contributed by atoms with E-state index in [1.54, 1.807) is 17.0 Å². The smallest absolute Gasteiger partial charge is 0.295 e. The molecule has 0 saturated carbocycles. The number of carbonyl (C=O) groups excluding carboxylic acids is 2. The summed E-state index contributed by atoms with van der Waals surface area (Å²) in [5.74, 6) is -0.625. The number of furan rings is 1. The minimum absolute atomic E-state index is 0.00513. The minimum Gasteiger partial charge on any atom is -0.444 e. The predicted octanol–water partition coefficient (Wildman–Crippen LogP) is 3.41. The Hall–Kier alpha value is -2.15. The summed E-state index contributed by atoms with van der Waals surface area (Å²) in [6.07, 6.45) is 1.26. The number of benzene rings is 1. The van der Waals surface area contributed by atoms with E-state index in [9.17, 15) is 14.0 Å². The third-order valence-corrected chi connectivity index (χ3v) is 4.08. The van der Waals surface area contributed by atoms with Gasteiger partial charge in [-0.05, 0) is 58.7 Å². The van der Waals surface area contributed by atoms with Gasteiger partial charge in [0, 0.05) is 18.7 Å². The van der Waals surface area contributed by atoms with Crippen molar-refractivity contribution in [3.63, 3.8) is 0 Å². The van der Waals surface area contributed by atoms with Crippen molar-refractivity contribution in [3.8, 4) is 0 Å². The monoisotopic (exact) mass is 380 g/mol. The van der Waals surface area contributed by atoms with E-state index in [2.05, 4.69) is 15.9 Å². The number of halogens is 2. The standard InChI is InChI=1S/C16H14BrFN2O3/c17-14-8-7-13(23-14)16(22)20(10-19-9-1-2-15(19)21)12-5-3-11(18)4-6-12/h3-8H,1-2,9-10H2. The van der Waals surface area contributed by atoms with Crippen LogP contribution >= 0.6 is 15.9 Å². The second kappa shape index (κ2) is 6.54. The molecule has 0 N–H and O–H groups in total. The first kappa shape index (κ1) is 15.7. The molecule has 7 heteroatoms. The molecule has 0 unspecified atom stereocenters. The molecule has 0 radical (unpaired) electrons. The van der Waals surface area contributed by atoms with Gasteiger partial charge in [0.05, 0.1) is 0 Å². The Labute approximate surface area is 140 Å². The number of anilines is 1. The lowest BCUT2D eigenvalue weighted by atomic mass is 10.2. The Kier molecular flexibility index (Phi) is 4.47. The zero-order chi connectivity index (χ0) is 16.4. The molecule has 0 atom stereocenters. The van der Waals surface area contributed by atoms with Crippen LogP contribution in [0.15, 0.2) is 45.5 Å². The summed E-state index contributed by atoms with van der Waals surface area (Å²) in [6.45, 7) is 0.716. The number of hydrogen-bond acceptors (Lipinski definition) is 3. The summed E-state index contributed by atoms with van der Waals surface area (Å²) >= 11 is 3.16. The number of amides is 2. The molecule has 1 aromatic carbocycles. The average Bonchev–Trinajstić information content (AvgIpc) is 3.14. The fraction of sp³-hybridized carbons (Fsp3) is 0.250. The number of rotatable bonds is 4. The number of carbonyl (C=O) groups is 2. The minimum atomic E-state index is -0.390. The van der Waals surface area contributed by atoms with Gasteiger partial charge in [-0.3, -0.25) is 14.5 Å². The molecule has 1 aliphatic heterocycles. The Morgan fingerprint density at radius 1 is 1.26 bits per heavy atom. The lowest BCUT2D eigenvalue weighted by Crippen LogP contribution is -2.42. The fourth-order valence-corrected chi connectivity index (χ4v) is 2.78. The van der Waals surface area contributed by atoms with Crippen molar-refractivity contribution in [2.24, 2.45) is 0 Å². The van der Waals surface area contributed by atoms with E-state index < -0.39 is 0 Å². The van der Waals surface area contributed by atoms with Gasteiger partial charge in [-0.25, -0.2) is 4.39 Å². The Balaban J connectivity index is 1.90. The highest BCUT2D eigenvalue weighted by molar-refractivity contribution is 9.10. The van der Waals surface area contributed by atoms with Crippen molar-refractivity contribution in [2.45, 2.75) is 12.8 Å². The summed E-state index contributed by atoms with van der Waals surface area (Å²) in [6, 6.07) is 8.74. The summed E-state index contributed by atoms with van der Waals surface area (Å²) < 4.78 is 18.9. The van der Waals surface area contributed by atoms with Crippen LogP contribution in [0.5, 0.6) is 0 Å². The summed E-state index contributed by atoms with van der Waals surface area (Å²) in [7, 11) is 0. The lowest BCUT2D eigenvalue weighted by Gasteiger charge is -2.27. The second-order valence-corrected chi connectivity index (χ2v) is 6.00. The maximum absolute atomic E-state index is 13.2. The van der Waals surface area contributed by atoms with Crippen LogP contribution in [0.1, 0.15) is 23.4 Å². The van der Waals surface area contributed by atoms with E-state index in [0.29, 0.717) is 23.3 Å². The molecule has 1 fully saturated rings. The number of likely N-dealkylation sites (tertiary alicyclic amines) is 1. The van der Waals surface area contributed by atoms with Gasteiger partial charge >= 0.3 is 0 Å². The summed E-state index contributed by atoms with van der Waals surface area (Å²) in [5, 5.41) is 0. The van der Waals surface area contributed by atoms with Crippen molar-refractivity contribution in [1.82, 2.24) is 4.90 Å². The first-order valence-corrected chi connectivity index (χ1v) is 7.94. The van der Waals surface area contributed by atoms with Crippen LogP contribution in [-0.4, -0.2) is 29.9 Å². The van der Waals surface area contributed by atoms with E-state index in [0.717, 1.165) is 6.42 Å². The predicted molar refractivity (Wildman–Crippen MR) is 85.4 cm³/mol. The normalized spacial score (nSPS) is 14.3. The van der Waals surface area contributed by atoms with Gasteiger partial charge in [-0.15, -0.1) is 0 Å². The average molecular weight is 381 g/mol. The van der Waals surface area contributed by atoms with E-state index in [1.807, 2.05) is 0 Å². The first-order valence-electron chi connectivity index (χ1n) is 7.15. The van der Waals surface area contributed by atoms with Crippen LogP contribution < -0.4 is 4.90 Å². The van der Waals surface area contributed by atoms with Crippen molar-refractivity contribution < 1.29 is 18.4 Å². The molecule has 5 nitrogen and oxygen atoms in total. The highest BCUT2D eigenvalue weighted by atomic mass is 79.9. The molecule has 1 saturated heterocycles. The highest BCUT2D eigenvalue weighted by Crippen LogP contribution is 2.22. The van der Waals surface area contributed by atoms with Crippen molar-refractivity contribution in [1.29, 1.82) is 0 Å². The van der Waals surface area contributed by atoms with Gasteiger partial charge < -0.3 is 9.32 Å². The maximum atomic E-state index is 13.2. The van der Waals surface area contributed by atoms with Crippen LogP contribution in [0.4, 0.5) is 10.1 Å². The van der Waals surface area contributed by atoms with Gasteiger partial charge in [0.2, 0.25) is 5.91 Å². The number of nitrogens with zero attached hydrogens (tertiary/aromatic N) is 2. The van der Waals surface area contributed by atoms with Crippen LogP contribution in [0.25, 0.3) is 0 Å². The quantitative estimate of drug-likeness (QED) is 0.816. The molecule has 0 bridgehead atoms. The van der Waals surface area contributed by atoms with Gasteiger partial charge in [0.15, 0.2) is 10.4 Å². The van der Waals surface area contributed by atoms with E-state index in [4.69, 9.17) is 4.42 Å². The molecule has 1 aromatic heterocycles. The first-order chi connectivity index (χ1) is 11.0. The van der Waals surface area contributed by atoms with E-state index in [1.165, 1.54) is 29.2 Å². The molecule has 0 spiro atoms. The molecular weight excluding hydrogens is 367 g/mol. The molecular formula is C16H14BrFN2O3. The van der Waals surface area contributed by atoms with Crippen molar-refractivity contribution in [3.05, 3.63) is 52.6 Å². The molecule has 0 aliphatic carbocycles. The third-order valence-electron chi connectivity index (χ3n) is 3.65.